The van der Waals surface area contributed by atoms with Crippen molar-refractivity contribution in [3.63, 3.8) is 0 Å². The smallest absolute Gasteiger partial charge is 0.198 e. The molecule has 3 nitrogen and oxygen atoms in total. The van der Waals surface area contributed by atoms with Crippen molar-refractivity contribution in [2.75, 3.05) is 6.61 Å². The average molecular weight is 264 g/mol. The fourth-order valence-electron chi connectivity index (χ4n) is 1.94. The molecule has 0 N–H and O–H groups in total. The number of hydrogen-bond acceptors (Lipinski definition) is 3. The second-order valence-corrected chi connectivity index (χ2v) is 5.01. The standard InChI is InChI=1S/C16H24O3/c1-6-16(5,18-7-2)15(17)13-10-8-9-11-14(13)19-12(3)4/h8-12H,6-7H2,1-5H3. The maximum Gasteiger partial charge on any atom is 0.198 e. The highest BCUT2D eigenvalue weighted by Gasteiger charge is 2.34. The van der Waals surface area contributed by atoms with Gasteiger partial charge in [-0.25, -0.2) is 0 Å². The lowest BCUT2D eigenvalue weighted by molar-refractivity contribution is -0.0118. The molecule has 106 valence electrons. The maximum absolute atomic E-state index is 12.7. The van der Waals surface area contributed by atoms with Crippen molar-refractivity contribution < 1.29 is 14.3 Å². The van der Waals surface area contributed by atoms with E-state index in [4.69, 9.17) is 9.47 Å². The molecule has 19 heavy (non-hydrogen) atoms. The maximum atomic E-state index is 12.7. The van der Waals surface area contributed by atoms with Crippen LogP contribution in [0.4, 0.5) is 0 Å². The van der Waals surface area contributed by atoms with E-state index in [1.54, 1.807) is 6.07 Å². The van der Waals surface area contributed by atoms with E-state index in [1.807, 2.05) is 52.8 Å². The topological polar surface area (TPSA) is 35.5 Å². The summed E-state index contributed by atoms with van der Waals surface area (Å²) in [5, 5.41) is 0. The van der Waals surface area contributed by atoms with Crippen LogP contribution in [0.2, 0.25) is 0 Å². The molecule has 0 bridgehead atoms. The normalized spacial score (nSPS) is 14.2. The summed E-state index contributed by atoms with van der Waals surface area (Å²) in [5.74, 6) is 0.606. The van der Waals surface area contributed by atoms with E-state index < -0.39 is 5.60 Å². The molecule has 0 aliphatic carbocycles. The summed E-state index contributed by atoms with van der Waals surface area (Å²) in [4.78, 5) is 12.7. The van der Waals surface area contributed by atoms with Crippen molar-refractivity contribution in [2.24, 2.45) is 0 Å². The molecule has 0 fully saturated rings. The second-order valence-electron chi connectivity index (χ2n) is 5.01. The number of ether oxygens (including phenoxy) is 2. The zero-order valence-electron chi connectivity index (χ0n) is 12.5. The third-order valence-electron chi connectivity index (χ3n) is 3.11. The summed E-state index contributed by atoms with van der Waals surface area (Å²) < 4.78 is 11.4. The van der Waals surface area contributed by atoms with Gasteiger partial charge in [0.2, 0.25) is 0 Å². The minimum absolute atomic E-state index is 0.0203. The van der Waals surface area contributed by atoms with E-state index in [9.17, 15) is 4.79 Å². The van der Waals surface area contributed by atoms with Crippen molar-refractivity contribution in [1.82, 2.24) is 0 Å². The number of benzene rings is 1. The first-order valence-corrected chi connectivity index (χ1v) is 6.89. The second kappa shape index (κ2) is 6.71. The number of hydrogen-bond donors (Lipinski definition) is 0. The van der Waals surface area contributed by atoms with Crippen molar-refractivity contribution >= 4 is 5.78 Å². The van der Waals surface area contributed by atoms with Gasteiger partial charge in [0.05, 0.1) is 11.7 Å². The van der Waals surface area contributed by atoms with Crippen molar-refractivity contribution in [3.05, 3.63) is 29.8 Å². The molecule has 0 radical (unpaired) electrons. The number of ketones is 1. The molecule has 0 aliphatic rings. The first kappa shape index (κ1) is 15.7. The van der Waals surface area contributed by atoms with E-state index in [1.165, 1.54) is 0 Å². The van der Waals surface area contributed by atoms with E-state index in [-0.39, 0.29) is 11.9 Å². The average Bonchev–Trinajstić information content (AvgIpc) is 2.38. The van der Waals surface area contributed by atoms with Crippen molar-refractivity contribution in [2.45, 2.75) is 52.7 Å². The summed E-state index contributed by atoms with van der Waals surface area (Å²) in [7, 11) is 0. The van der Waals surface area contributed by atoms with Gasteiger partial charge in [-0.2, -0.15) is 0 Å². The Morgan fingerprint density at radius 1 is 1.26 bits per heavy atom. The number of rotatable bonds is 7. The number of carbonyl (C=O) groups excluding carboxylic acids is 1. The van der Waals surface area contributed by atoms with Gasteiger partial charge in [-0.3, -0.25) is 4.79 Å². The van der Waals surface area contributed by atoms with Crippen molar-refractivity contribution in [1.29, 1.82) is 0 Å². The van der Waals surface area contributed by atoms with E-state index >= 15 is 0 Å². The molecular formula is C16H24O3. The van der Waals surface area contributed by atoms with Gasteiger partial charge in [0.15, 0.2) is 5.78 Å². The quantitative estimate of drug-likeness (QED) is 0.701. The summed E-state index contributed by atoms with van der Waals surface area (Å²) in [6.07, 6.45) is 0.671. The molecule has 1 aromatic rings. The minimum Gasteiger partial charge on any atom is -0.490 e. The molecule has 0 spiro atoms. The predicted molar refractivity (Wildman–Crippen MR) is 76.9 cm³/mol. The molecule has 0 aliphatic heterocycles. The molecule has 0 amide bonds. The van der Waals surface area contributed by atoms with Crippen LogP contribution >= 0.6 is 0 Å². The van der Waals surface area contributed by atoms with Gasteiger partial charge in [-0.1, -0.05) is 19.1 Å². The predicted octanol–water partition coefficient (Wildman–Crippen LogP) is 3.86. The zero-order chi connectivity index (χ0) is 14.5. The number of para-hydroxylation sites is 1. The van der Waals surface area contributed by atoms with Crippen molar-refractivity contribution in [3.8, 4) is 5.75 Å². The summed E-state index contributed by atoms with van der Waals surface area (Å²) in [6.45, 7) is 10.1. The first-order valence-electron chi connectivity index (χ1n) is 6.89. The lowest BCUT2D eigenvalue weighted by Gasteiger charge is -2.27. The van der Waals surface area contributed by atoms with Gasteiger partial charge in [0, 0.05) is 6.61 Å². The minimum atomic E-state index is -0.787. The zero-order valence-corrected chi connectivity index (χ0v) is 12.5. The van der Waals surface area contributed by atoms with Crippen LogP contribution in [0.25, 0.3) is 0 Å². The Hall–Kier alpha value is -1.35. The Labute approximate surface area is 115 Å². The molecule has 1 unspecified atom stereocenters. The summed E-state index contributed by atoms with van der Waals surface area (Å²) in [6, 6.07) is 7.35. The van der Waals surface area contributed by atoms with E-state index in [0.717, 1.165) is 0 Å². The fraction of sp³-hybridized carbons (Fsp3) is 0.562. The fourth-order valence-corrected chi connectivity index (χ4v) is 1.94. The molecule has 0 heterocycles. The van der Waals surface area contributed by atoms with Gasteiger partial charge in [-0.05, 0) is 46.2 Å². The molecule has 1 rings (SSSR count). The van der Waals surface area contributed by atoms with Crippen LogP contribution < -0.4 is 4.74 Å². The van der Waals surface area contributed by atoms with Gasteiger partial charge < -0.3 is 9.47 Å². The van der Waals surface area contributed by atoms with Crippen LogP contribution in [0.3, 0.4) is 0 Å². The molecule has 1 atom stereocenters. The van der Waals surface area contributed by atoms with Gasteiger partial charge in [0.1, 0.15) is 11.4 Å². The molecule has 3 heteroatoms. The Morgan fingerprint density at radius 3 is 2.42 bits per heavy atom. The van der Waals surface area contributed by atoms with Gasteiger partial charge in [0.25, 0.3) is 0 Å². The SMILES string of the molecule is CCOC(C)(CC)C(=O)c1ccccc1OC(C)C. The van der Waals surface area contributed by atoms with Crippen LogP contribution in [0, 0.1) is 0 Å². The molecule has 0 saturated carbocycles. The van der Waals surface area contributed by atoms with Crippen LogP contribution in [0.5, 0.6) is 5.75 Å². The van der Waals surface area contributed by atoms with E-state index in [2.05, 4.69) is 0 Å². The molecule has 1 aromatic carbocycles. The highest BCUT2D eigenvalue weighted by molar-refractivity contribution is 6.04. The highest BCUT2D eigenvalue weighted by Crippen LogP contribution is 2.28. The summed E-state index contributed by atoms with van der Waals surface area (Å²) >= 11 is 0. The van der Waals surface area contributed by atoms with Crippen LogP contribution in [-0.4, -0.2) is 24.1 Å². The lowest BCUT2D eigenvalue weighted by atomic mass is 9.91. The Balaban J connectivity index is 3.11. The molecule has 0 aromatic heterocycles. The molecular weight excluding hydrogens is 240 g/mol. The monoisotopic (exact) mass is 264 g/mol. The Kier molecular flexibility index (Phi) is 5.55. The third kappa shape index (κ3) is 3.80. The third-order valence-corrected chi connectivity index (χ3v) is 3.11. The van der Waals surface area contributed by atoms with Gasteiger partial charge >= 0.3 is 0 Å². The van der Waals surface area contributed by atoms with Crippen LogP contribution in [-0.2, 0) is 4.74 Å². The largest absolute Gasteiger partial charge is 0.490 e. The number of carbonyl (C=O) groups is 1. The van der Waals surface area contributed by atoms with Gasteiger partial charge in [-0.15, -0.1) is 0 Å². The van der Waals surface area contributed by atoms with E-state index in [0.29, 0.717) is 24.3 Å². The Morgan fingerprint density at radius 2 is 1.89 bits per heavy atom. The first-order chi connectivity index (χ1) is 8.94. The number of Topliss-reactive ketones (excluding diaryl/α,β-unsaturated/α-hetero) is 1. The van der Waals surface area contributed by atoms with Crippen LogP contribution in [0.15, 0.2) is 24.3 Å². The molecule has 0 saturated heterocycles. The Bertz CT molecular complexity index is 426. The van der Waals surface area contributed by atoms with Crippen LogP contribution in [0.1, 0.15) is 51.4 Å². The highest BCUT2D eigenvalue weighted by atomic mass is 16.5. The summed E-state index contributed by atoms with van der Waals surface area (Å²) in [5.41, 5.74) is -0.195. The lowest BCUT2D eigenvalue weighted by Crippen LogP contribution is -2.38.